The van der Waals surface area contributed by atoms with Crippen molar-refractivity contribution in [1.29, 1.82) is 0 Å². The van der Waals surface area contributed by atoms with Crippen LogP contribution in [0, 0.1) is 12.8 Å². The number of carbonyl (C=O) groups excluding carboxylic acids is 1. The summed E-state index contributed by atoms with van der Waals surface area (Å²) in [7, 11) is 0. The Labute approximate surface area is 95.0 Å². The molecular formula is C12H16N2O2. The quantitative estimate of drug-likeness (QED) is 0.826. The Morgan fingerprint density at radius 3 is 2.94 bits per heavy atom. The van der Waals surface area contributed by atoms with Crippen LogP contribution in [0.4, 0.5) is 5.82 Å². The molecule has 0 bridgehead atoms. The van der Waals surface area contributed by atoms with Crippen molar-refractivity contribution in [2.75, 3.05) is 18.5 Å². The van der Waals surface area contributed by atoms with Gasteiger partial charge >= 0.3 is 0 Å². The van der Waals surface area contributed by atoms with E-state index in [1.807, 2.05) is 19.1 Å². The zero-order chi connectivity index (χ0) is 11.4. The van der Waals surface area contributed by atoms with E-state index >= 15 is 0 Å². The van der Waals surface area contributed by atoms with Gasteiger partial charge in [0.05, 0.1) is 0 Å². The molecule has 2 heterocycles. The minimum Gasteiger partial charge on any atom is -0.381 e. The lowest BCUT2D eigenvalue weighted by atomic mass is 9.99. The van der Waals surface area contributed by atoms with Gasteiger partial charge in [0.2, 0.25) is 5.91 Å². The molecule has 0 aromatic carbocycles. The Balaban J connectivity index is 1.96. The van der Waals surface area contributed by atoms with Gasteiger partial charge in [-0.05, 0) is 37.5 Å². The summed E-state index contributed by atoms with van der Waals surface area (Å²) in [6.45, 7) is 3.34. The molecular weight excluding hydrogens is 204 g/mol. The van der Waals surface area contributed by atoms with Gasteiger partial charge in [-0.1, -0.05) is 0 Å². The fraction of sp³-hybridized carbons (Fsp3) is 0.500. The van der Waals surface area contributed by atoms with Crippen LogP contribution in [0.2, 0.25) is 0 Å². The molecule has 0 saturated carbocycles. The van der Waals surface area contributed by atoms with E-state index in [0.717, 1.165) is 18.4 Å². The first-order valence-corrected chi connectivity index (χ1v) is 5.57. The fourth-order valence-corrected chi connectivity index (χ4v) is 1.79. The Hall–Kier alpha value is -1.42. The number of hydrogen-bond acceptors (Lipinski definition) is 3. The molecule has 4 heteroatoms. The van der Waals surface area contributed by atoms with Crippen molar-refractivity contribution in [1.82, 2.24) is 4.98 Å². The summed E-state index contributed by atoms with van der Waals surface area (Å²) in [5.74, 6) is 0.758. The molecule has 1 N–H and O–H groups in total. The van der Waals surface area contributed by atoms with Crippen molar-refractivity contribution in [2.45, 2.75) is 19.8 Å². The predicted octanol–water partition coefficient (Wildman–Crippen LogP) is 1.76. The zero-order valence-electron chi connectivity index (χ0n) is 9.40. The third-order valence-corrected chi connectivity index (χ3v) is 2.76. The van der Waals surface area contributed by atoms with E-state index in [1.54, 1.807) is 6.20 Å². The van der Waals surface area contributed by atoms with Crippen LogP contribution in [-0.4, -0.2) is 24.1 Å². The van der Waals surface area contributed by atoms with Crippen LogP contribution < -0.4 is 5.32 Å². The third kappa shape index (κ3) is 2.79. The normalized spacial score (nSPS) is 17.1. The fourth-order valence-electron chi connectivity index (χ4n) is 1.79. The van der Waals surface area contributed by atoms with E-state index in [4.69, 9.17) is 4.74 Å². The second-order valence-corrected chi connectivity index (χ2v) is 4.09. The topological polar surface area (TPSA) is 51.2 Å². The SMILES string of the molecule is Cc1ccnc(NC(=O)C2CCOCC2)c1. The zero-order valence-corrected chi connectivity index (χ0v) is 9.40. The highest BCUT2D eigenvalue weighted by atomic mass is 16.5. The molecule has 0 unspecified atom stereocenters. The highest BCUT2D eigenvalue weighted by Gasteiger charge is 2.21. The van der Waals surface area contributed by atoms with Crippen molar-refractivity contribution >= 4 is 11.7 Å². The van der Waals surface area contributed by atoms with Gasteiger partial charge in [-0.15, -0.1) is 0 Å². The number of hydrogen-bond donors (Lipinski definition) is 1. The maximum absolute atomic E-state index is 11.9. The summed E-state index contributed by atoms with van der Waals surface area (Å²) < 4.78 is 5.22. The average Bonchev–Trinajstić information content (AvgIpc) is 2.30. The molecule has 0 aliphatic carbocycles. The number of ether oxygens (including phenoxy) is 1. The van der Waals surface area contributed by atoms with Crippen LogP contribution in [0.3, 0.4) is 0 Å². The molecule has 0 atom stereocenters. The first-order chi connectivity index (χ1) is 7.75. The number of nitrogens with one attached hydrogen (secondary N) is 1. The number of nitrogens with zero attached hydrogens (tertiary/aromatic N) is 1. The van der Waals surface area contributed by atoms with Gasteiger partial charge in [-0.25, -0.2) is 4.98 Å². The lowest BCUT2D eigenvalue weighted by molar-refractivity contribution is -0.122. The van der Waals surface area contributed by atoms with Crippen LogP contribution in [-0.2, 0) is 9.53 Å². The molecule has 16 heavy (non-hydrogen) atoms. The number of rotatable bonds is 2. The molecule has 1 fully saturated rings. The minimum atomic E-state index is 0.0569. The van der Waals surface area contributed by atoms with Gasteiger partial charge in [0, 0.05) is 25.3 Å². The van der Waals surface area contributed by atoms with Crippen LogP contribution in [0.15, 0.2) is 18.3 Å². The molecule has 0 spiro atoms. The number of aromatic nitrogens is 1. The van der Waals surface area contributed by atoms with Crippen LogP contribution >= 0.6 is 0 Å². The Kier molecular flexibility index (Phi) is 3.51. The standard InChI is InChI=1S/C12H16N2O2/c1-9-2-5-13-11(8-9)14-12(15)10-3-6-16-7-4-10/h2,5,8,10H,3-4,6-7H2,1H3,(H,13,14,15). The van der Waals surface area contributed by atoms with Gasteiger partial charge in [-0.2, -0.15) is 0 Å². The Morgan fingerprint density at radius 2 is 2.25 bits per heavy atom. The van der Waals surface area contributed by atoms with Crippen LogP contribution in [0.5, 0.6) is 0 Å². The monoisotopic (exact) mass is 220 g/mol. The van der Waals surface area contributed by atoms with Crippen molar-refractivity contribution < 1.29 is 9.53 Å². The maximum atomic E-state index is 11.9. The van der Waals surface area contributed by atoms with Crippen molar-refractivity contribution in [3.63, 3.8) is 0 Å². The molecule has 1 amide bonds. The summed E-state index contributed by atoms with van der Waals surface area (Å²) in [5.41, 5.74) is 1.09. The summed E-state index contributed by atoms with van der Waals surface area (Å²) in [5, 5.41) is 2.85. The van der Waals surface area contributed by atoms with E-state index in [9.17, 15) is 4.79 Å². The highest BCUT2D eigenvalue weighted by molar-refractivity contribution is 5.91. The van der Waals surface area contributed by atoms with Crippen molar-refractivity contribution in [3.05, 3.63) is 23.9 Å². The van der Waals surface area contributed by atoms with Gasteiger partial charge < -0.3 is 10.1 Å². The number of amides is 1. The molecule has 1 aliphatic rings. The Morgan fingerprint density at radius 1 is 1.50 bits per heavy atom. The summed E-state index contributed by atoms with van der Waals surface area (Å²) in [6.07, 6.45) is 3.31. The number of pyridine rings is 1. The number of anilines is 1. The first-order valence-electron chi connectivity index (χ1n) is 5.57. The maximum Gasteiger partial charge on any atom is 0.228 e. The largest absolute Gasteiger partial charge is 0.381 e. The summed E-state index contributed by atoms with van der Waals surface area (Å²) in [6, 6.07) is 3.78. The third-order valence-electron chi connectivity index (χ3n) is 2.76. The molecule has 4 nitrogen and oxygen atoms in total. The van der Waals surface area contributed by atoms with Gasteiger partial charge in [-0.3, -0.25) is 4.79 Å². The van der Waals surface area contributed by atoms with E-state index in [1.165, 1.54) is 0 Å². The van der Waals surface area contributed by atoms with Crippen LogP contribution in [0.1, 0.15) is 18.4 Å². The van der Waals surface area contributed by atoms with Gasteiger partial charge in [0.25, 0.3) is 0 Å². The second-order valence-electron chi connectivity index (χ2n) is 4.09. The lowest BCUT2D eigenvalue weighted by Crippen LogP contribution is -2.28. The molecule has 1 aromatic heterocycles. The molecule has 1 aromatic rings. The van der Waals surface area contributed by atoms with Crippen LogP contribution in [0.25, 0.3) is 0 Å². The summed E-state index contributed by atoms with van der Waals surface area (Å²) in [4.78, 5) is 16.0. The van der Waals surface area contributed by atoms with E-state index < -0.39 is 0 Å². The lowest BCUT2D eigenvalue weighted by Gasteiger charge is -2.20. The summed E-state index contributed by atoms with van der Waals surface area (Å²) >= 11 is 0. The van der Waals surface area contributed by atoms with Gasteiger partial charge in [0.15, 0.2) is 0 Å². The first kappa shape index (κ1) is 11.1. The second kappa shape index (κ2) is 5.07. The molecule has 1 aliphatic heterocycles. The number of carbonyl (C=O) groups is 1. The molecule has 86 valence electrons. The Bertz CT molecular complexity index is 373. The highest BCUT2D eigenvalue weighted by Crippen LogP contribution is 2.16. The predicted molar refractivity (Wildman–Crippen MR) is 61.1 cm³/mol. The minimum absolute atomic E-state index is 0.0569. The molecule has 1 saturated heterocycles. The average molecular weight is 220 g/mol. The molecule has 2 rings (SSSR count). The van der Waals surface area contributed by atoms with E-state index in [0.29, 0.717) is 19.0 Å². The molecule has 0 radical (unpaired) electrons. The van der Waals surface area contributed by atoms with E-state index in [-0.39, 0.29) is 11.8 Å². The van der Waals surface area contributed by atoms with E-state index in [2.05, 4.69) is 10.3 Å². The number of aryl methyl sites for hydroxylation is 1. The van der Waals surface area contributed by atoms with Gasteiger partial charge in [0.1, 0.15) is 5.82 Å². The smallest absolute Gasteiger partial charge is 0.228 e. The van der Waals surface area contributed by atoms with Crippen molar-refractivity contribution in [2.24, 2.45) is 5.92 Å². The van der Waals surface area contributed by atoms with Crippen molar-refractivity contribution in [3.8, 4) is 0 Å².